The lowest BCUT2D eigenvalue weighted by Gasteiger charge is -2.04. The van der Waals surface area contributed by atoms with Gasteiger partial charge in [0, 0.05) is 12.3 Å². The first-order chi connectivity index (χ1) is 8.06. The molecule has 0 unspecified atom stereocenters. The maximum Gasteiger partial charge on any atom is 0.297 e. The minimum Gasteiger partial charge on any atom is -0.297 e. The Morgan fingerprint density at radius 1 is 1.24 bits per heavy atom. The van der Waals surface area contributed by atoms with Gasteiger partial charge in [-0.3, -0.25) is 8.98 Å². The summed E-state index contributed by atoms with van der Waals surface area (Å²) in [6.45, 7) is -0.436. The third kappa shape index (κ3) is 4.85. The molecule has 0 amide bonds. The van der Waals surface area contributed by atoms with Gasteiger partial charge in [-0.05, 0) is 18.6 Å². The minimum absolute atomic E-state index is 0.0464. The van der Waals surface area contributed by atoms with Crippen LogP contribution in [0.15, 0.2) is 35.2 Å². The molecule has 0 bridgehead atoms. The predicted octanol–water partition coefficient (Wildman–Crippen LogP) is 1.98. The quantitative estimate of drug-likeness (QED) is 0.564. The number of ketones is 1. The fourth-order valence-electron chi connectivity index (χ4n) is 1.13. The largest absolute Gasteiger partial charge is 0.297 e. The molecule has 4 nitrogen and oxygen atoms in total. The second-order valence-electron chi connectivity index (χ2n) is 3.36. The lowest BCUT2D eigenvalue weighted by molar-refractivity contribution is -0.120. The Labute approximate surface area is 106 Å². The summed E-state index contributed by atoms with van der Waals surface area (Å²) < 4.78 is 27.9. The molecule has 1 aromatic rings. The van der Waals surface area contributed by atoms with E-state index in [4.69, 9.17) is 11.6 Å². The maximum atomic E-state index is 11.6. The summed E-state index contributed by atoms with van der Waals surface area (Å²) in [6.07, 6.45) is 0.753. The lowest BCUT2D eigenvalue weighted by Crippen LogP contribution is -2.14. The van der Waals surface area contributed by atoms with Gasteiger partial charge in [0.15, 0.2) is 5.78 Å². The standard InChI is InChI=1S/C11H13ClO4S/c12-8-4-5-10(13)9-16-17(14,15)11-6-2-1-3-7-11/h1-3,6-7H,4-5,8-9H2. The highest BCUT2D eigenvalue weighted by Gasteiger charge is 2.16. The van der Waals surface area contributed by atoms with E-state index in [1.807, 2.05) is 0 Å². The highest BCUT2D eigenvalue weighted by molar-refractivity contribution is 7.86. The molecule has 0 aromatic heterocycles. The third-order valence-corrected chi connectivity index (χ3v) is 3.54. The van der Waals surface area contributed by atoms with Gasteiger partial charge in [0.2, 0.25) is 0 Å². The molecule has 0 heterocycles. The number of carbonyl (C=O) groups excluding carboxylic acids is 1. The van der Waals surface area contributed by atoms with Crippen LogP contribution in [-0.2, 0) is 19.1 Å². The van der Waals surface area contributed by atoms with Crippen molar-refractivity contribution in [2.24, 2.45) is 0 Å². The van der Waals surface area contributed by atoms with Gasteiger partial charge in [-0.2, -0.15) is 8.42 Å². The second kappa shape index (κ2) is 6.74. The fourth-order valence-corrected chi connectivity index (χ4v) is 2.18. The molecule has 0 atom stereocenters. The number of halogens is 1. The van der Waals surface area contributed by atoms with Crippen molar-refractivity contribution in [1.82, 2.24) is 0 Å². The molecule has 0 aliphatic carbocycles. The van der Waals surface area contributed by atoms with E-state index in [9.17, 15) is 13.2 Å². The van der Waals surface area contributed by atoms with Crippen molar-refractivity contribution < 1.29 is 17.4 Å². The molecule has 94 valence electrons. The van der Waals surface area contributed by atoms with Crippen molar-refractivity contribution >= 4 is 27.5 Å². The van der Waals surface area contributed by atoms with E-state index >= 15 is 0 Å². The van der Waals surface area contributed by atoms with Crippen LogP contribution in [0, 0.1) is 0 Å². The summed E-state index contributed by atoms with van der Waals surface area (Å²) in [5, 5.41) is 0. The molecular formula is C11H13ClO4S. The molecule has 0 fully saturated rings. The smallest absolute Gasteiger partial charge is 0.297 e. The Hall–Kier alpha value is -0.910. The van der Waals surface area contributed by atoms with E-state index in [0.717, 1.165) is 0 Å². The molecule has 1 rings (SSSR count). The van der Waals surface area contributed by atoms with Gasteiger partial charge < -0.3 is 0 Å². The van der Waals surface area contributed by atoms with Crippen LogP contribution >= 0.6 is 11.6 Å². The monoisotopic (exact) mass is 276 g/mol. The number of hydrogen-bond donors (Lipinski definition) is 0. The van der Waals surface area contributed by atoms with Crippen LogP contribution in [0.3, 0.4) is 0 Å². The zero-order valence-electron chi connectivity index (χ0n) is 9.13. The van der Waals surface area contributed by atoms with Crippen molar-refractivity contribution in [2.75, 3.05) is 12.5 Å². The Kier molecular flexibility index (Phi) is 5.61. The normalized spacial score (nSPS) is 11.4. The number of carbonyl (C=O) groups is 1. The van der Waals surface area contributed by atoms with Gasteiger partial charge in [0.25, 0.3) is 10.1 Å². The van der Waals surface area contributed by atoms with E-state index in [-0.39, 0.29) is 17.1 Å². The Morgan fingerprint density at radius 2 is 1.88 bits per heavy atom. The SMILES string of the molecule is O=C(CCCCl)COS(=O)(=O)c1ccccc1. The average Bonchev–Trinajstić information content (AvgIpc) is 2.35. The van der Waals surface area contributed by atoms with E-state index in [0.29, 0.717) is 12.3 Å². The summed E-state index contributed by atoms with van der Waals surface area (Å²) in [5.74, 6) is 0.0992. The van der Waals surface area contributed by atoms with Crippen LogP contribution in [0.5, 0.6) is 0 Å². The average molecular weight is 277 g/mol. The molecule has 17 heavy (non-hydrogen) atoms. The van der Waals surface area contributed by atoms with Crippen molar-refractivity contribution in [3.63, 3.8) is 0 Å². The van der Waals surface area contributed by atoms with Crippen molar-refractivity contribution in [2.45, 2.75) is 17.7 Å². The zero-order chi connectivity index (χ0) is 12.7. The molecule has 0 N–H and O–H groups in total. The van der Waals surface area contributed by atoms with Crippen molar-refractivity contribution in [1.29, 1.82) is 0 Å². The Morgan fingerprint density at radius 3 is 2.47 bits per heavy atom. The number of Topliss-reactive ketones (excluding diaryl/α,β-unsaturated/α-hetero) is 1. The summed E-state index contributed by atoms with van der Waals surface area (Å²) in [4.78, 5) is 11.3. The first-order valence-electron chi connectivity index (χ1n) is 5.08. The topological polar surface area (TPSA) is 60.4 Å². The van der Waals surface area contributed by atoms with Crippen molar-refractivity contribution in [3.05, 3.63) is 30.3 Å². The van der Waals surface area contributed by atoms with Gasteiger partial charge in [-0.15, -0.1) is 11.6 Å². The summed E-state index contributed by atoms with van der Waals surface area (Å²) in [5.41, 5.74) is 0. The first-order valence-corrected chi connectivity index (χ1v) is 7.02. The van der Waals surface area contributed by atoms with Gasteiger partial charge >= 0.3 is 0 Å². The van der Waals surface area contributed by atoms with Crippen LogP contribution in [0.1, 0.15) is 12.8 Å². The molecule has 0 radical (unpaired) electrons. The molecule has 6 heteroatoms. The molecule has 0 saturated carbocycles. The maximum absolute atomic E-state index is 11.6. The molecule has 0 spiro atoms. The summed E-state index contributed by atoms with van der Waals surface area (Å²) in [6, 6.07) is 7.71. The van der Waals surface area contributed by atoms with Gasteiger partial charge in [-0.25, -0.2) is 0 Å². The second-order valence-corrected chi connectivity index (χ2v) is 5.35. The number of hydrogen-bond acceptors (Lipinski definition) is 4. The lowest BCUT2D eigenvalue weighted by atomic mass is 10.2. The fraction of sp³-hybridized carbons (Fsp3) is 0.364. The summed E-state index contributed by atoms with van der Waals surface area (Å²) in [7, 11) is -3.83. The van der Waals surface area contributed by atoms with E-state index in [1.54, 1.807) is 18.2 Å². The molecule has 1 aromatic carbocycles. The molecule has 0 aliphatic rings. The van der Waals surface area contributed by atoms with Gasteiger partial charge in [0.1, 0.15) is 6.61 Å². The highest BCUT2D eigenvalue weighted by Crippen LogP contribution is 2.11. The number of alkyl halides is 1. The van der Waals surface area contributed by atoms with E-state index in [2.05, 4.69) is 4.18 Å². The number of benzene rings is 1. The molecular weight excluding hydrogens is 264 g/mol. The highest BCUT2D eigenvalue weighted by atomic mass is 35.5. The summed E-state index contributed by atoms with van der Waals surface area (Å²) >= 11 is 5.42. The minimum atomic E-state index is -3.83. The molecule has 0 aliphatic heterocycles. The van der Waals surface area contributed by atoms with Gasteiger partial charge in [0.05, 0.1) is 4.90 Å². The van der Waals surface area contributed by atoms with Crippen LogP contribution < -0.4 is 0 Å². The molecule has 0 saturated heterocycles. The number of rotatable bonds is 7. The van der Waals surface area contributed by atoms with Crippen LogP contribution in [-0.4, -0.2) is 26.7 Å². The third-order valence-electron chi connectivity index (χ3n) is 2.00. The van der Waals surface area contributed by atoms with Crippen molar-refractivity contribution in [3.8, 4) is 0 Å². The Bertz CT molecular complexity index is 456. The zero-order valence-corrected chi connectivity index (χ0v) is 10.7. The van der Waals surface area contributed by atoms with E-state index in [1.165, 1.54) is 12.1 Å². The van der Waals surface area contributed by atoms with Crippen LogP contribution in [0.25, 0.3) is 0 Å². The first kappa shape index (κ1) is 14.2. The van der Waals surface area contributed by atoms with E-state index < -0.39 is 16.7 Å². The Balaban J connectivity index is 2.54. The van der Waals surface area contributed by atoms with Crippen LogP contribution in [0.4, 0.5) is 0 Å². The van der Waals surface area contributed by atoms with Crippen LogP contribution in [0.2, 0.25) is 0 Å². The predicted molar refractivity (Wildman–Crippen MR) is 64.5 cm³/mol. The van der Waals surface area contributed by atoms with Gasteiger partial charge in [-0.1, -0.05) is 18.2 Å².